The van der Waals surface area contributed by atoms with Crippen LogP contribution in [0.2, 0.25) is 5.21 Å². The van der Waals surface area contributed by atoms with E-state index in [1.165, 1.54) is 29.0 Å². The first kappa shape index (κ1) is 27.6. The fraction of sp³-hybridized carbons (Fsp3) is 0.455. The van der Waals surface area contributed by atoms with Crippen molar-refractivity contribution in [3.8, 4) is 0 Å². The fourth-order valence-electron chi connectivity index (χ4n) is 3.81. The predicted molar refractivity (Wildman–Crippen MR) is 140 cm³/mol. The van der Waals surface area contributed by atoms with Gasteiger partial charge in [-0.05, 0) is 42.8 Å². The molecule has 0 spiro atoms. The minimum atomic E-state index is -1.76. The zero-order chi connectivity index (χ0) is 26.8. The average molecular weight is 484 g/mol. The highest BCUT2D eigenvalue weighted by molar-refractivity contribution is 6.55. The molecule has 2 aromatic rings. The van der Waals surface area contributed by atoms with Crippen molar-refractivity contribution in [1.29, 1.82) is 0 Å². The van der Waals surface area contributed by atoms with E-state index in [9.17, 15) is 14.0 Å². The number of hydrogen-bond donors (Lipinski definition) is 2. The summed E-state index contributed by atoms with van der Waals surface area (Å²) in [5, 5.41) is -0.375. The number of halogens is 1. The summed E-state index contributed by atoms with van der Waals surface area (Å²) in [4.78, 5) is 35.4. The normalized spacial score (nSPS) is 14.8. The zero-order valence-corrected chi connectivity index (χ0v) is 20.5. The van der Waals surface area contributed by atoms with Crippen LogP contribution in [0.3, 0.4) is 0 Å². The Hall–Kier alpha value is -3.01. The maximum atomic E-state index is 14.4. The van der Waals surface area contributed by atoms with Gasteiger partial charge in [-0.25, -0.2) is 9.37 Å². The van der Waals surface area contributed by atoms with Crippen LogP contribution >= 0.6 is 0 Å². The first-order valence-corrected chi connectivity index (χ1v) is 11.2. The lowest BCUT2D eigenvalue weighted by molar-refractivity contribution is -0.108. The van der Waals surface area contributed by atoms with Crippen LogP contribution in [0.1, 0.15) is 35.7 Å². The maximum absolute atomic E-state index is 14.4. The number of nitrogens with one attached hydrogen (secondary N) is 1. The number of primary amides is 1. The number of benzene rings is 1. The summed E-state index contributed by atoms with van der Waals surface area (Å²) in [6.45, 7) is 4.07. The third-order valence-corrected chi connectivity index (χ3v) is 6.30. The molecule has 1 aliphatic heterocycles. The molecule has 1 aliphatic rings. The highest BCUT2D eigenvalue weighted by Crippen LogP contribution is 2.39. The predicted octanol–water partition coefficient (Wildman–Crippen LogP) is 0.809. The Morgan fingerprint density at radius 1 is 1.28 bits per heavy atom. The summed E-state index contributed by atoms with van der Waals surface area (Å²) in [6, 6.07) is 2.23. The first-order valence-electron chi connectivity index (χ1n) is 11.2. The molecule has 1 aromatic heterocycles. The summed E-state index contributed by atoms with van der Waals surface area (Å²) in [7, 11) is 26.1. The van der Waals surface area contributed by atoms with Gasteiger partial charge in [0, 0.05) is 32.0 Å². The van der Waals surface area contributed by atoms with Crippen LogP contribution in [-0.4, -0.2) is 85.3 Å². The van der Waals surface area contributed by atoms with Gasteiger partial charge in [0.2, 0.25) is 12.4 Å². The van der Waals surface area contributed by atoms with Gasteiger partial charge in [-0.3, -0.25) is 14.5 Å². The van der Waals surface area contributed by atoms with Gasteiger partial charge in [-0.15, -0.1) is 0 Å². The van der Waals surface area contributed by atoms with Gasteiger partial charge >= 0.3 is 0 Å². The van der Waals surface area contributed by atoms with Gasteiger partial charge in [0.25, 0.3) is 5.91 Å². The van der Waals surface area contributed by atoms with Gasteiger partial charge in [0.05, 0.1) is 48.8 Å². The Kier molecular flexibility index (Phi) is 8.07. The summed E-state index contributed by atoms with van der Waals surface area (Å²) in [5.74, 6) is -1.44. The monoisotopic (exact) mass is 484 g/mol. The molecule has 2 heterocycles. The lowest BCUT2D eigenvalue weighted by atomic mass is 9.34. The summed E-state index contributed by atoms with van der Waals surface area (Å²) >= 11 is 0. The van der Waals surface area contributed by atoms with Crippen molar-refractivity contribution < 1.29 is 18.7 Å². The maximum Gasteiger partial charge on any atom is 0.251 e. The number of carbonyl (C=O) groups is 2. The topological polar surface area (TPSA) is 114 Å². The van der Waals surface area contributed by atoms with Gasteiger partial charge in [0.1, 0.15) is 5.82 Å². The van der Waals surface area contributed by atoms with E-state index in [-0.39, 0.29) is 23.4 Å². The van der Waals surface area contributed by atoms with Crippen LogP contribution in [0.15, 0.2) is 18.3 Å². The lowest BCUT2D eigenvalue weighted by Gasteiger charge is -2.50. The van der Waals surface area contributed by atoms with Crippen molar-refractivity contribution in [3.63, 3.8) is 0 Å². The van der Waals surface area contributed by atoms with E-state index in [0.717, 1.165) is 6.07 Å². The summed E-state index contributed by atoms with van der Waals surface area (Å²) < 4.78 is 19.8. The Bertz CT molecular complexity index is 1140. The first-order chi connectivity index (χ1) is 16.8. The van der Waals surface area contributed by atoms with Crippen molar-refractivity contribution in [2.24, 2.45) is 5.73 Å². The van der Waals surface area contributed by atoms with Crippen molar-refractivity contribution in [2.75, 3.05) is 35.4 Å². The molecule has 1 saturated heterocycles. The Morgan fingerprint density at radius 3 is 2.47 bits per heavy atom. The number of ether oxygens (including phenoxy) is 1. The highest BCUT2D eigenvalue weighted by atomic mass is 19.1. The number of nitrogens with two attached hydrogens (primary N) is 1. The van der Waals surface area contributed by atoms with Crippen LogP contribution in [0.25, 0.3) is 0 Å². The van der Waals surface area contributed by atoms with E-state index in [1.54, 1.807) is 14.0 Å². The van der Waals surface area contributed by atoms with Crippen molar-refractivity contribution in [1.82, 2.24) is 9.97 Å². The zero-order valence-electron chi connectivity index (χ0n) is 20.5. The molecule has 8 radical (unpaired) electrons. The second kappa shape index (κ2) is 10.5. The molecule has 0 atom stereocenters. The number of nitrogens with zero attached hydrogens (tertiary/aromatic N) is 4. The molecule has 9 nitrogen and oxygen atoms in total. The molecule has 1 aromatic carbocycles. The second-order valence-electron chi connectivity index (χ2n) is 9.06. The van der Waals surface area contributed by atoms with E-state index in [0.29, 0.717) is 49.4 Å². The number of rotatable bonds is 9. The molecule has 0 bridgehead atoms. The molecule has 3 rings (SSSR count). The Balaban J connectivity index is 2.09. The van der Waals surface area contributed by atoms with Crippen molar-refractivity contribution in [3.05, 3.63) is 35.3 Å². The standard InChI is InChI=1S/C22H25B4FN6O3/c1-12-8-14(18(28)35)15(27)9-16(12)30-20-29-10-17(32(3)22(25,26)21(2,23)24)19(31-20)33(11-34)13-4-6-36-7-5-13/h8-11,13H,4-7H2,1-3H3,(H2,28,35)(H,29,30,31). The van der Waals surface area contributed by atoms with E-state index in [4.69, 9.17) is 41.9 Å². The molecule has 14 heteroatoms. The second-order valence-corrected chi connectivity index (χ2v) is 9.06. The number of aryl methyl sites for hydroxylation is 1. The average Bonchev–Trinajstić information content (AvgIpc) is 2.81. The van der Waals surface area contributed by atoms with E-state index < -0.39 is 22.3 Å². The summed E-state index contributed by atoms with van der Waals surface area (Å²) in [6.07, 6.45) is 3.22. The van der Waals surface area contributed by atoms with E-state index >= 15 is 0 Å². The van der Waals surface area contributed by atoms with E-state index in [2.05, 4.69) is 15.3 Å². The van der Waals surface area contributed by atoms with Gasteiger partial charge in [-0.1, -0.05) is 12.1 Å². The third kappa shape index (κ3) is 5.53. The molecule has 180 valence electrons. The number of anilines is 4. The SMILES string of the molecule is [B]C([B])(C)C([B])([B])N(C)c1cnc(Nc2cc(F)c(C(N)=O)cc2C)nc1N(C=O)C1CCOCC1. The van der Waals surface area contributed by atoms with Crippen LogP contribution in [0, 0.1) is 12.7 Å². The lowest BCUT2D eigenvalue weighted by Crippen LogP contribution is -2.57. The third-order valence-electron chi connectivity index (χ3n) is 6.30. The van der Waals surface area contributed by atoms with E-state index in [1.807, 2.05) is 0 Å². The number of aromatic nitrogens is 2. The molecule has 3 N–H and O–H groups in total. The largest absolute Gasteiger partial charge is 0.383 e. The smallest absolute Gasteiger partial charge is 0.251 e. The van der Waals surface area contributed by atoms with Gasteiger partial charge in [-0.2, -0.15) is 4.98 Å². The van der Waals surface area contributed by atoms with Gasteiger partial charge < -0.3 is 20.7 Å². The number of carbonyl (C=O) groups excluding carboxylic acids is 2. The van der Waals surface area contributed by atoms with Crippen LogP contribution < -0.4 is 20.9 Å². The minimum absolute atomic E-state index is 0.0540. The molecule has 1 fully saturated rings. The quantitative estimate of drug-likeness (QED) is 0.401. The number of amides is 2. The molecule has 0 aliphatic carbocycles. The highest BCUT2D eigenvalue weighted by Gasteiger charge is 2.37. The minimum Gasteiger partial charge on any atom is -0.383 e. The Morgan fingerprint density at radius 2 is 1.92 bits per heavy atom. The van der Waals surface area contributed by atoms with Crippen LogP contribution in [0.5, 0.6) is 0 Å². The van der Waals surface area contributed by atoms with Crippen LogP contribution in [-0.2, 0) is 9.53 Å². The van der Waals surface area contributed by atoms with Crippen molar-refractivity contribution >= 4 is 66.8 Å². The van der Waals surface area contributed by atoms with Gasteiger partial charge in [0.15, 0.2) is 5.82 Å². The molecular weight excluding hydrogens is 459 g/mol. The molecule has 2 amide bonds. The number of hydrogen-bond acceptors (Lipinski definition) is 7. The molecule has 0 saturated carbocycles. The summed E-state index contributed by atoms with van der Waals surface area (Å²) in [5.41, 5.74) is 6.10. The fourth-order valence-corrected chi connectivity index (χ4v) is 3.81. The molecule has 36 heavy (non-hydrogen) atoms. The Labute approximate surface area is 215 Å². The van der Waals surface area contributed by atoms with Crippen LogP contribution in [0.4, 0.5) is 27.5 Å². The molecular formula is C22H25B4FN6O3. The van der Waals surface area contributed by atoms with Crippen molar-refractivity contribution in [2.45, 2.75) is 43.3 Å². The molecule has 0 unspecified atom stereocenters.